The molecule has 6 heteroatoms. The summed E-state index contributed by atoms with van der Waals surface area (Å²) >= 11 is 0. The molecule has 14 rings (SSSR count). The molecule has 66 heavy (non-hydrogen) atoms. The van der Waals surface area contributed by atoms with Crippen LogP contribution in [0.2, 0.25) is 0 Å². The van der Waals surface area contributed by atoms with Gasteiger partial charge in [-0.3, -0.25) is 0 Å². The normalized spacial score (nSPS) is 15.1. The fraction of sp³-hybridized carbons (Fsp3) is 0.0500. The molecule has 4 aromatic heterocycles. The van der Waals surface area contributed by atoms with Gasteiger partial charge < -0.3 is 13.4 Å². The first-order valence-electron chi connectivity index (χ1n) is 22.5. The van der Waals surface area contributed by atoms with Gasteiger partial charge in [-0.1, -0.05) is 146 Å². The fourth-order valence-corrected chi connectivity index (χ4v) is 10.7. The van der Waals surface area contributed by atoms with Crippen molar-refractivity contribution in [2.45, 2.75) is 18.9 Å². The average Bonchev–Trinajstić information content (AvgIpc) is 4.03. The van der Waals surface area contributed by atoms with Crippen molar-refractivity contribution in [3.63, 3.8) is 0 Å². The minimum absolute atomic E-state index is 0.530. The van der Waals surface area contributed by atoms with Crippen LogP contribution in [0.25, 0.3) is 122 Å². The van der Waals surface area contributed by atoms with E-state index in [2.05, 4.69) is 187 Å². The smallest absolute Gasteiger partial charge is 0.167 e. The number of fused-ring (bicyclic) bond motifs is 11. The Morgan fingerprint density at radius 3 is 1.89 bits per heavy atom. The molecular weight excluding hydrogens is 809 g/mol. The van der Waals surface area contributed by atoms with Crippen molar-refractivity contribution in [1.82, 2.24) is 19.5 Å². The first-order valence-corrected chi connectivity index (χ1v) is 22.5. The van der Waals surface area contributed by atoms with Crippen LogP contribution in [0.15, 0.2) is 203 Å². The van der Waals surface area contributed by atoms with Gasteiger partial charge in [0, 0.05) is 55.6 Å². The molecule has 0 bridgehead atoms. The zero-order chi connectivity index (χ0) is 43.5. The van der Waals surface area contributed by atoms with Gasteiger partial charge in [-0.05, 0) is 94.2 Å². The van der Waals surface area contributed by atoms with Crippen molar-refractivity contribution in [1.29, 1.82) is 0 Å². The van der Waals surface area contributed by atoms with Crippen molar-refractivity contribution in [3.8, 4) is 33.9 Å². The number of para-hydroxylation sites is 3. The molecule has 9 aromatic carbocycles. The van der Waals surface area contributed by atoms with Crippen molar-refractivity contribution < 1.29 is 8.83 Å². The van der Waals surface area contributed by atoms with E-state index >= 15 is 0 Å². The Morgan fingerprint density at radius 2 is 1.06 bits per heavy atom. The third kappa shape index (κ3) is 5.51. The third-order valence-corrected chi connectivity index (χ3v) is 13.9. The Balaban J connectivity index is 1.08. The van der Waals surface area contributed by atoms with Gasteiger partial charge in [0.2, 0.25) is 0 Å². The highest BCUT2D eigenvalue weighted by atomic mass is 16.3. The molecule has 13 aromatic rings. The Hall–Kier alpha value is -8.61. The molecule has 0 radical (unpaired) electrons. The molecule has 0 saturated carbocycles. The van der Waals surface area contributed by atoms with Gasteiger partial charge in [0.15, 0.2) is 17.5 Å². The van der Waals surface area contributed by atoms with Crippen molar-refractivity contribution >= 4 is 87.9 Å². The van der Waals surface area contributed by atoms with Crippen molar-refractivity contribution in [2.75, 3.05) is 0 Å². The maximum Gasteiger partial charge on any atom is 0.167 e. The molecule has 1 aliphatic rings. The Labute approximate surface area is 378 Å². The van der Waals surface area contributed by atoms with Crippen LogP contribution in [-0.2, 0) is 12.0 Å². The van der Waals surface area contributed by atoms with E-state index in [9.17, 15) is 0 Å². The second kappa shape index (κ2) is 13.9. The Kier molecular flexibility index (Phi) is 7.78. The van der Waals surface area contributed by atoms with Gasteiger partial charge >= 0.3 is 0 Å². The molecule has 6 nitrogen and oxygen atoms in total. The van der Waals surface area contributed by atoms with Crippen molar-refractivity contribution in [3.05, 3.63) is 211 Å². The molecule has 0 fully saturated rings. The number of benzene rings is 9. The third-order valence-electron chi connectivity index (χ3n) is 13.9. The molecule has 310 valence electrons. The molecular formula is C60H38N4O2. The lowest BCUT2D eigenvalue weighted by Gasteiger charge is -2.37. The van der Waals surface area contributed by atoms with Gasteiger partial charge in [-0.15, -0.1) is 0 Å². The number of hydrogen-bond donors (Lipinski definition) is 0. The zero-order valence-corrected chi connectivity index (χ0v) is 35.9. The highest BCUT2D eigenvalue weighted by Gasteiger charge is 2.42. The molecule has 0 N–H and O–H groups in total. The first kappa shape index (κ1) is 36.8. The number of allylic oxidation sites excluding steroid dienone is 1. The molecule has 4 heterocycles. The van der Waals surface area contributed by atoms with Crippen LogP contribution >= 0.6 is 0 Å². The standard InChI is InChI=1S/C60H38N4O2/c1-60(64-51-27-11-9-23-43(51)47-30-38-17-5-7-19-40(38)32-52(47)64)35-49-48-31-39-18-6-8-20-41(39)33-54(48)65-55(49)34-50(60)59-62-57(42-22-13-21-37(29-42)36-15-3-2-4-16-36)61-58(63-59)46-26-14-25-45-44-24-10-12-28-53(44)66-56(45)46/h2-34H,35H2,1H3. The summed E-state index contributed by atoms with van der Waals surface area (Å²) in [5, 5.41) is 10.3. The number of aromatic nitrogens is 4. The van der Waals surface area contributed by atoms with Crippen LogP contribution in [0, 0.1) is 0 Å². The van der Waals surface area contributed by atoms with E-state index in [-0.39, 0.29) is 0 Å². The molecule has 1 atom stereocenters. The summed E-state index contributed by atoms with van der Waals surface area (Å²) in [5.41, 5.74) is 9.92. The van der Waals surface area contributed by atoms with E-state index in [4.69, 9.17) is 23.8 Å². The van der Waals surface area contributed by atoms with Crippen LogP contribution in [0.5, 0.6) is 0 Å². The molecule has 0 saturated heterocycles. The van der Waals surface area contributed by atoms with Crippen molar-refractivity contribution in [2.24, 2.45) is 0 Å². The van der Waals surface area contributed by atoms with Gasteiger partial charge in [0.25, 0.3) is 0 Å². The summed E-state index contributed by atoms with van der Waals surface area (Å²) in [4.78, 5) is 16.4. The Morgan fingerprint density at radius 1 is 0.439 bits per heavy atom. The van der Waals surface area contributed by atoms with E-state index in [1.165, 1.54) is 26.9 Å². The van der Waals surface area contributed by atoms with Crippen LogP contribution in [0.4, 0.5) is 0 Å². The summed E-state index contributed by atoms with van der Waals surface area (Å²) in [7, 11) is 0. The fourth-order valence-electron chi connectivity index (χ4n) is 10.7. The van der Waals surface area contributed by atoms with Gasteiger partial charge in [-0.25, -0.2) is 15.0 Å². The highest BCUT2D eigenvalue weighted by molar-refractivity contribution is 6.14. The second-order valence-corrected chi connectivity index (χ2v) is 17.8. The van der Waals surface area contributed by atoms with Crippen LogP contribution in [0.3, 0.4) is 0 Å². The topological polar surface area (TPSA) is 69.9 Å². The minimum atomic E-state index is -0.730. The maximum atomic E-state index is 6.91. The van der Waals surface area contributed by atoms with E-state index < -0.39 is 5.54 Å². The van der Waals surface area contributed by atoms with Gasteiger partial charge in [0.05, 0.1) is 16.6 Å². The summed E-state index contributed by atoms with van der Waals surface area (Å²) in [5.74, 6) is 2.48. The van der Waals surface area contributed by atoms with E-state index in [0.717, 1.165) is 88.5 Å². The minimum Gasteiger partial charge on any atom is -0.456 e. The van der Waals surface area contributed by atoms with E-state index in [0.29, 0.717) is 23.9 Å². The van der Waals surface area contributed by atoms with E-state index in [1.807, 2.05) is 24.3 Å². The zero-order valence-electron chi connectivity index (χ0n) is 35.9. The lowest BCUT2D eigenvalue weighted by Crippen LogP contribution is -2.36. The summed E-state index contributed by atoms with van der Waals surface area (Å²) in [6.45, 7) is 2.35. The largest absolute Gasteiger partial charge is 0.456 e. The quantitative estimate of drug-likeness (QED) is 0.173. The lowest BCUT2D eigenvalue weighted by atomic mass is 9.78. The Bertz CT molecular complexity index is 4170. The number of furan rings is 2. The van der Waals surface area contributed by atoms with E-state index in [1.54, 1.807) is 0 Å². The average molecular weight is 847 g/mol. The predicted octanol–water partition coefficient (Wildman–Crippen LogP) is 15.4. The second-order valence-electron chi connectivity index (χ2n) is 17.8. The maximum absolute atomic E-state index is 6.91. The lowest BCUT2D eigenvalue weighted by molar-refractivity contribution is 0.439. The number of hydrogen-bond acceptors (Lipinski definition) is 5. The highest BCUT2D eigenvalue weighted by Crippen LogP contribution is 2.50. The number of rotatable bonds is 5. The van der Waals surface area contributed by atoms with Gasteiger partial charge in [0.1, 0.15) is 22.5 Å². The van der Waals surface area contributed by atoms with Gasteiger partial charge in [-0.2, -0.15) is 0 Å². The molecule has 1 aliphatic carbocycles. The monoisotopic (exact) mass is 846 g/mol. The van der Waals surface area contributed by atoms with Crippen LogP contribution < -0.4 is 0 Å². The molecule has 1 unspecified atom stereocenters. The predicted molar refractivity (Wildman–Crippen MR) is 269 cm³/mol. The number of nitrogens with zero attached hydrogens (tertiary/aromatic N) is 4. The summed E-state index contributed by atoms with van der Waals surface area (Å²) in [6, 6.07) is 68.4. The van der Waals surface area contributed by atoms with Crippen LogP contribution in [0.1, 0.15) is 24.1 Å². The van der Waals surface area contributed by atoms with Crippen LogP contribution in [-0.4, -0.2) is 19.5 Å². The molecule has 0 aliphatic heterocycles. The molecule has 0 spiro atoms. The summed E-state index contributed by atoms with van der Waals surface area (Å²) < 4.78 is 16.1. The first-order chi connectivity index (χ1) is 32.5. The molecule has 0 amide bonds. The SMILES string of the molecule is CC1(n2c3ccccc3c3cc4ccccc4cc32)Cc2c(oc3cc4ccccc4cc23)C=C1c1nc(-c2cccc(-c3ccccc3)c2)nc(-c2cccc3c2oc2ccccc23)n1. The summed E-state index contributed by atoms with van der Waals surface area (Å²) in [6.07, 6.45) is 2.83.